The Kier molecular flexibility index (Phi) is 3.39. The zero-order valence-electron chi connectivity index (χ0n) is 12.0. The SMILES string of the molecule is Cc1cccc(Cc2nn(-c3cnn(C)c3)ccc2=O)c1. The van der Waals surface area contributed by atoms with Gasteiger partial charge in [0.05, 0.1) is 12.4 Å². The molecule has 0 N–H and O–H groups in total. The van der Waals surface area contributed by atoms with E-state index in [0.29, 0.717) is 12.1 Å². The summed E-state index contributed by atoms with van der Waals surface area (Å²) in [6, 6.07) is 9.66. The lowest BCUT2D eigenvalue weighted by Gasteiger charge is -2.05. The smallest absolute Gasteiger partial charge is 0.203 e. The fourth-order valence-corrected chi connectivity index (χ4v) is 2.26. The van der Waals surface area contributed by atoms with Crippen molar-refractivity contribution in [2.45, 2.75) is 13.3 Å². The van der Waals surface area contributed by atoms with Crippen molar-refractivity contribution in [3.05, 3.63) is 76.0 Å². The summed E-state index contributed by atoms with van der Waals surface area (Å²) in [5.74, 6) is 0. The number of hydrogen-bond donors (Lipinski definition) is 0. The molecule has 2 aromatic heterocycles. The van der Waals surface area contributed by atoms with Crippen LogP contribution in [-0.4, -0.2) is 19.6 Å². The second-order valence-corrected chi connectivity index (χ2v) is 5.11. The van der Waals surface area contributed by atoms with Gasteiger partial charge in [0, 0.05) is 25.7 Å². The first kappa shape index (κ1) is 13.3. The summed E-state index contributed by atoms with van der Waals surface area (Å²) in [6.07, 6.45) is 5.77. The number of rotatable bonds is 3. The van der Waals surface area contributed by atoms with Gasteiger partial charge >= 0.3 is 0 Å². The van der Waals surface area contributed by atoms with Gasteiger partial charge in [-0.3, -0.25) is 9.48 Å². The van der Waals surface area contributed by atoms with Crippen LogP contribution in [0.2, 0.25) is 0 Å². The van der Waals surface area contributed by atoms with Crippen LogP contribution in [0.4, 0.5) is 0 Å². The van der Waals surface area contributed by atoms with Crippen molar-refractivity contribution in [3.63, 3.8) is 0 Å². The average Bonchev–Trinajstić information content (AvgIpc) is 2.88. The number of aryl methyl sites for hydroxylation is 2. The van der Waals surface area contributed by atoms with E-state index in [4.69, 9.17) is 0 Å². The maximum Gasteiger partial charge on any atom is 0.203 e. The van der Waals surface area contributed by atoms with E-state index >= 15 is 0 Å². The lowest BCUT2D eigenvalue weighted by molar-refractivity contribution is 0.762. The number of nitrogens with zero attached hydrogens (tertiary/aromatic N) is 4. The quantitative estimate of drug-likeness (QED) is 0.736. The van der Waals surface area contributed by atoms with Crippen LogP contribution >= 0.6 is 0 Å². The molecule has 0 radical (unpaired) electrons. The van der Waals surface area contributed by atoms with Crippen LogP contribution in [0.3, 0.4) is 0 Å². The first-order valence-electron chi connectivity index (χ1n) is 6.75. The first-order chi connectivity index (χ1) is 10.1. The third kappa shape index (κ3) is 2.91. The Labute approximate surface area is 122 Å². The molecule has 3 aromatic rings. The van der Waals surface area contributed by atoms with Crippen LogP contribution in [-0.2, 0) is 13.5 Å². The summed E-state index contributed by atoms with van der Waals surface area (Å²) in [5, 5.41) is 8.55. The van der Waals surface area contributed by atoms with E-state index in [-0.39, 0.29) is 5.43 Å². The van der Waals surface area contributed by atoms with Gasteiger partial charge in [0.1, 0.15) is 11.4 Å². The molecule has 0 saturated heterocycles. The van der Waals surface area contributed by atoms with Crippen LogP contribution in [0.1, 0.15) is 16.8 Å². The minimum absolute atomic E-state index is 0.0448. The molecule has 0 spiro atoms. The van der Waals surface area contributed by atoms with Crippen LogP contribution in [0.5, 0.6) is 0 Å². The van der Waals surface area contributed by atoms with Gasteiger partial charge in [-0.2, -0.15) is 10.2 Å². The zero-order chi connectivity index (χ0) is 14.8. The van der Waals surface area contributed by atoms with Crippen LogP contribution in [0, 0.1) is 6.92 Å². The molecular formula is C16H16N4O. The summed E-state index contributed by atoms with van der Waals surface area (Å²) in [6.45, 7) is 2.04. The van der Waals surface area contributed by atoms with Crippen LogP contribution in [0.25, 0.3) is 5.69 Å². The third-order valence-corrected chi connectivity index (χ3v) is 3.29. The molecule has 5 nitrogen and oxygen atoms in total. The van der Waals surface area contributed by atoms with Crippen molar-refractivity contribution in [1.82, 2.24) is 19.6 Å². The van der Waals surface area contributed by atoms with Crippen molar-refractivity contribution < 1.29 is 0 Å². The van der Waals surface area contributed by atoms with Crippen LogP contribution in [0.15, 0.2) is 53.7 Å². The molecular weight excluding hydrogens is 264 g/mol. The van der Waals surface area contributed by atoms with E-state index in [0.717, 1.165) is 11.3 Å². The van der Waals surface area contributed by atoms with E-state index < -0.39 is 0 Å². The minimum atomic E-state index is -0.0448. The maximum atomic E-state index is 12.0. The third-order valence-electron chi connectivity index (χ3n) is 3.29. The fourth-order valence-electron chi connectivity index (χ4n) is 2.26. The van der Waals surface area contributed by atoms with Gasteiger partial charge < -0.3 is 0 Å². The lowest BCUT2D eigenvalue weighted by atomic mass is 10.1. The van der Waals surface area contributed by atoms with Crippen molar-refractivity contribution in [1.29, 1.82) is 0 Å². The summed E-state index contributed by atoms with van der Waals surface area (Å²) >= 11 is 0. The lowest BCUT2D eigenvalue weighted by Crippen LogP contribution is -2.16. The molecule has 0 amide bonds. The van der Waals surface area contributed by atoms with Gasteiger partial charge in [-0.1, -0.05) is 29.8 Å². The molecule has 3 rings (SSSR count). The maximum absolute atomic E-state index is 12.0. The number of benzene rings is 1. The Morgan fingerprint density at radius 1 is 1.24 bits per heavy atom. The van der Waals surface area contributed by atoms with Crippen molar-refractivity contribution in [3.8, 4) is 5.69 Å². The predicted octanol–water partition coefficient (Wildman–Crippen LogP) is 1.87. The van der Waals surface area contributed by atoms with Gasteiger partial charge in [0.2, 0.25) is 5.43 Å². The standard InChI is InChI=1S/C16H16N4O/c1-12-4-3-5-13(8-12)9-15-16(21)6-7-20(18-15)14-10-17-19(2)11-14/h3-8,10-11H,9H2,1-2H3. The summed E-state index contributed by atoms with van der Waals surface area (Å²) < 4.78 is 3.38. The molecule has 0 aliphatic heterocycles. The molecule has 0 aliphatic carbocycles. The molecule has 0 unspecified atom stereocenters. The normalized spacial score (nSPS) is 10.8. The molecule has 5 heteroatoms. The van der Waals surface area contributed by atoms with E-state index in [1.807, 2.05) is 38.4 Å². The second kappa shape index (κ2) is 5.36. The van der Waals surface area contributed by atoms with Gasteiger partial charge in [-0.15, -0.1) is 0 Å². The van der Waals surface area contributed by atoms with Gasteiger partial charge in [0.15, 0.2) is 0 Å². The summed E-state index contributed by atoms with van der Waals surface area (Å²) in [4.78, 5) is 12.0. The second-order valence-electron chi connectivity index (χ2n) is 5.11. The summed E-state index contributed by atoms with van der Waals surface area (Å²) in [7, 11) is 1.85. The van der Waals surface area contributed by atoms with Crippen molar-refractivity contribution in [2.75, 3.05) is 0 Å². The molecule has 0 saturated carbocycles. The topological polar surface area (TPSA) is 52.7 Å². The molecule has 21 heavy (non-hydrogen) atoms. The molecule has 0 atom stereocenters. The van der Waals surface area contributed by atoms with Crippen molar-refractivity contribution in [2.24, 2.45) is 7.05 Å². The van der Waals surface area contributed by atoms with Gasteiger partial charge in [-0.25, -0.2) is 4.68 Å². The molecule has 2 heterocycles. The Morgan fingerprint density at radius 2 is 2.10 bits per heavy atom. The minimum Gasteiger partial charge on any atom is -0.288 e. The Bertz CT molecular complexity index is 832. The molecule has 0 aliphatic rings. The Hall–Kier alpha value is -2.69. The molecule has 1 aromatic carbocycles. The first-order valence-corrected chi connectivity index (χ1v) is 6.75. The van der Waals surface area contributed by atoms with Gasteiger partial charge in [0.25, 0.3) is 0 Å². The average molecular weight is 280 g/mol. The fraction of sp³-hybridized carbons (Fsp3) is 0.188. The van der Waals surface area contributed by atoms with E-state index in [1.54, 1.807) is 27.8 Å². The monoisotopic (exact) mass is 280 g/mol. The Balaban J connectivity index is 1.97. The molecule has 106 valence electrons. The van der Waals surface area contributed by atoms with Crippen LogP contribution < -0.4 is 5.43 Å². The predicted molar refractivity (Wildman–Crippen MR) is 80.6 cm³/mol. The summed E-state index contributed by atoms with van der Waals surface area (Å²) in [5.41, 5.74) is 3.59. The highest BCUT2D eigenvalue weighted by atomic mass is 16.1. The van der Waals surface area contributed by atoms with Crippen molar-refractivity contribution >= 4 is 0 Å². The molecule has 0 fully saturated rings. The highest BCUT2D eigenvalue weighted by molar-refractivity contribution is 5.28. The highest BCUT2D eigenvalue weighted by Gasteiger charge is 2.06. The Morgan fingerprint density at radius 3 is 2.81 bits per heavy atom. The van der Waals surface area contributed by atoms with E-state index in [2.05, 4.69) is 16.3 Å². The largest absolute Gasteiger partial charge is 0.288 e. The van der Waals surface area contributed by atoms with Gasteiger partial charge in [-0.05, 0) is 12.5 Å². The highest BCUT2D eigenvalue weighted by Crippen LogP contribution is 2.08. The molecule has 0 bridgehead atoms. The van der Waals surface area contributed by atoms with E-state index in [1.165, 1.54) is 5.56 Å². The number of aromatic nitrogens is 4. The number of hydrogen-bond acceptors (Lipinski definition) is 3. The zero-order valence-corrected chi connectivity index (χ0v) is 12.0. The van der Waals surface area contributed by atoms with E-state index in [9.17, 15) is 4.79 Å².